The summed E-state index contributed by atoms with van der Waals surface area (Å²) in [5.74, 6) is 0.675. The van der Waals surface area contributed by atoms with Gasteiger partial charge in [-0.25, -0.2) is 0 Å². The Labute approximate surface area is 122 Å². The van der Waals surface area contributed by atoms with Crippen molar-refractivity contribution in [3.05, 3.63) is 34.9 Å². The summed E-state index contributed by atoms with van der Waals surface area (Å²) in [4.78, 5) is 23.3. The van der Waals surface area contributed by atoms with E-state index in [9.17, 15) is 9.59 Å². The van der Waals surface area contributed by atoms with Crippen molar-refractivity contribution in [2.24, 2.45) is 0 Å². The molecule has 1 unspecified atom stereocenters. The first-order valence-electron chi connectivity index (χ1n) is 6.58. The highest BCUT2D eigenvalue weighted by Gasteiger charge is 2.30. The Bertz CT molecular complexity index is 636. The van der Waals surface area contributed by atoms with E-state index in [1.807, 2.05) is 25.1 Å². The van der Waals surface area contributed by atoms with Crippen LogP contribution in [0.1, 0.15) is 30.3 Å². The summed E-state index contributed by atoms with van der Waals surface area (Å²) in [6, 6.07) is 5.58. The minimum absolute atomic E-state index is 0.0752. The lowest BCUT2D eigenvalue weighted by atomic mass is 9.85. The maximum absolute atomic E-state index is 12.1. The maximum atomic E-state index is 12.1. The summed E-state index contributed by atoms with van der Waals surface area (Å²) < 4.78 is 10.1. The summed E-state index contributed by atoms with van der Waals surface area (Å²) >= 11 is 0. The minimum atomic E-state index is -0.455. The number of methoxy groups -OCH3 is 1. The first kappa shape index (κ1) is 14.9. The van der Waals surface area contributed by atoms with Gasteiger partial charge in [0.1, 0.15) is 29.7 Å². The van der Waals surface area contributed by atoms with Crippen LogP contribution in [-0.2, 0) is 14.3 Å². The largest absolute Gasteiger partial charge is 0.468 e. The van der Waals surface area contributed by atoms with Crippen LogP contribution in [0, 0.1) is 18.3 Å². The predicted octanol–water partition coefficient (Wildman–Crippen LogP) is 1.57. The topological polar surface area (TPSA) is 92.3 Å². The number of aryl methyl sites for hydroxylation is 1. The van der Waals surface area contributed by atoms with Crippen molar-refractivity contribution in [1.82, 2.24) is 5.32 Å². The van der Waals surface area contributed by atoms with Crippen LogP contribution in [0.15, 0.2) is 27.8 Å². The number of carbonyl (C=O) groups is 2. The average molecular weight is 288 g/mol. The average Bonchev–Trinajstić information content (AvgIpc) is 2.90. The van der Waals surface area contributed by atoms with E-state index in [4.69, 9.17) is 9.68 Å². The molecule has 1 aliphatic rings. The minimum Gasteiger partial charge on any atom is -0.468 e. The third kappa shape index (κ3) is 3.31. The molecule has 0 fully saturated rings. The molecule has 0 aliphatic heterocycles. The molecular formula is C15H16N2O4. The molecule has 0 radical (unpaired) electrons. The van der Waals surface area contributed by atoms with Crippen molar-refractivity contribution in [3.8, 4) is 6.07 Å². The molecule has 0 spiro atoms. The van der Waals surface area contributed by atoms with Crippen LogP contribution in [-0.4, -0.2) is 25.4 Å². The number of nitriles is 1. The number of ketones is 1. The van der Waals surface area contributed by atoms with Gasteiger partial charge in [0.15, 0.2) is 5.78 Å². The monoisotopic (exact) mass is 288 g/mol. The summed E-state index contributed by atoms with van der Waals surface area (Å²) in [7, 11) is 1.28. The van der Waals surface area contributed by atoms with E-state index in [-0.39, 0.29) is 30.2 Å². The van der Waals surface area contributed by atoms with Gasteiger partial charge < -0.3 is 14.5 Å². The lowest BCUT2D eigenvalue weighted by molar-refractivity contribution is -0.139. The van der Waals surface area contributed by atoms with Gasteiger partial charge in [0.25, 0.3) is 0 Å². The van der Waals surface area contributed by atoms with E-state index in [1.165, 1.54) is 7.11 Å². The number of hydrogen-bond donors (Lipinski definition) is 1. The Kier molecular flexibility index (Phi) is 4.43. The zero-order chi connectivity index (χ0) is 15.4. The molecule has 1 N–H and O–H groups in total. The van der Waals surface area contributed by atoms with E-state index >= 15 is 0 Å². The van der Waals surface area contributed by atoms with Crippen LogP contribution in [0.3, 0.4) is 0 Å². The number of rotatable bonds is 4. The Morgan fingerprint density at radius 2 is 2.29 bits per heavy atom. The second kappa shape index (κ2) is 6.27. The van der Waals surface area contributed by atoms with Crippen molar-refractivity contribution >= 4 is 11.8 Å². The molecule has 1 heterocycles. The summed E-state index contributed by atoms with van der Waals surface area (Å²) in [6.07, 6.45) is 0.692. The molecule has 6 nitrogen and oxygen atoms in total. The number of carbonyl (C=O) groups excluding carboxylic acids is 2. The van der Waals surface area contributed by atoms with Crippen LogP contribution >= 0.6 is 0 Å². The van der Waals surface area contributed by atoms with Gasteiger partial charge in [-0.1, -0.05) is 0 Å². The van der Waals surface area contributed by atoms with E-state index < -0.39 is 5.97 Å². The maximum Gasteiger partial charge on any atom is 0.325 e. The van der Waals surface area contributed by atoms with Crippen molar-refractivity contribution < 1.29 is 18.7 Å². The number of esters is 1. The number of nitrogens with zero attached hydrogens (tertiary/aromatic N) is 1. The molecule has 21 heavy (non-hydrogen) atoms. The number of hydrogen-bond acceptors (Lipinski definition) is 6. The molecule has 1 aliphatic carbocycles. The van der Waals surface area contributed by atoms with Crippen molar-refractivity contribution in [2.45, 2.75) is 25.7 Å². The molecule has 1 aromatic heterocycles. The van der Waals surface area contributed by atoms with Crippen molar-refractivity contribution in [3.63, 3.8) is 0 Å². The quantitative estimate of drug-likeness (QED) is 0.845. The Morgan fingerprint density at radius 1 is 1.52 bits per heavy atom. The molecule has 2 rings (SSSR count). The highest BCUT2D eigenvalue weighted by atomic mass is 16.5. The van der Waals surface area contributed by atoms with E-state index in [1.54, 1.807) is 0 Å². The smallest absolute Gasteiger partial charge is 0.325 e. The molecular weight excluding hydrogens is 272 g/mol. The summed E-state index contributed by atoms with van der Waals surface area (Å²) in [6.45, 7) is 1.76. The Balaban J connectivity index is 2.20. The van der Waals surface area contributed by atoms with Crippen LogP contribution < -0.4 is 5.32 Å². The normalized spacial score (nSPS) is 18.3. The van der Waals surface area contributed by atoms with Crippen molar-refractivity contribution in [2.75, 3.05) is 13.7 Å². The molecule has 110 valence electrons. The van der Waals surface area contributed by atoms with Gasteiger partial charge in [-0.3, -0.25) is 9.59 Å². The third-order valence-corrected chi connectivity index (χ3v) is 3.41. The number of allylic oxidation sites excluding steroid dienone is 2. The van der Waals surface area contributed by atoms with Gasteiger partial charge in [-0.05, 0) is 25.5 Å². The highest BCUT2D eigenvalue weighted by molar-refractivity contribution is 6.01. The van der Waals surface area contributed by atoms with Gasteiger partial charge in [0.2, 0.25) is 0 Å². The Morgan fingerprint density at radius 3 is 2.86 bits per heavy atom. The molecule has 0 saturated carbocycles. The number of ether oxygens (including phenoxy) is 1. The Hall–Kier alpha value is -2.55. The zero-order valence-corrected chi connectivity index (χ0v) is 11.9. The van der Waals surface area contributed by atoms with Crippen LogP contribution in [0.2, 0.25) is 0 Å². The lowest BCUT2D eigenvalue weighted by Gasteiger charge is -2.23. The van der Waals surface area contributed by atoms with Gasteiger partial charge in [-0.2, -0.15) is 5.26 Å². The first-order valence-corrected chi connectivity index (χ1v) is 6.58. The number of furan rings is 1. The molecule has 6 heteroatoms. The summed E-state index contributed by atoms with van der Waals surface area (Å²) in [5.41, 5.74) is 0.552. The van der Waals surface area contributed by atoms with Crippen molar-refractivity contribution in [1.29, 1.82) is 5.26 Å². The molecule has 0 bridgehead atoms. The molecule has 1 atom stereocenters. The van der Waals surface area contributed by atoms with Crippen LogP contribution in [0.25, 0.3) is 0 Å². The first-order chi connectivity index (χ1) is 10.0. The van der Waals surface area contributed by atoms with Crippen LogP contribution in [0.5, 0.6) is 0 Å². The third-order valence-electron chi connectivity index (χ3n) is 3.41. The van der Waals surface area contributed by atoms with Gasteiger partial charge in [0.05, 0.1) is 7.11 Å². The zero-order valence-electron chi connectivity index (χ0n) is 11.9. The molecule has 0 saturated heterocycles. The van der Waals surface area contributed by atoms with E-state index in [0.717, 1.165) is 11.5 Å². The molecule has 0 amide bonds. The second-order valence-corrected chi connectivity index (χ2v) is 4.87. The molecule has 1 aromatic rings. The van der Waals surface area contributed by atoms with Gasteiger partial charge in [-0.15, -0.1) is 0 Å². The predicted molar refractivity (Wildman–Crippen MR) is 73.1 cm³/mol. The fraction of sp³-hybridized carbons (Fsp3) is 0.400. The SMILES string of the molecule is COC(=O)CNC1=C(C#N)C(=O)CC(c2ccc(C)o2)C1. The van der Waals surface area contributed by atoms with Gasteiger partial charge in [0, 0.05) is 18.0 Å². The highest BCUT2D eigenvalue weighted by Crippen LogP contribution is 2.34. The van der Waals surface area contributed by atoms with Gasteiger partial charge >= 0.3 is 5.97 Å². The second-order valence-electron chi connectivity index (χ2n) is 4.87. The van der Waals surface area contributed by atoms with Crippen LogP contribution in [0.4, 0.5) is 0 Å². The van der Waals surface area contributed by atoms with E-state index in [0.29, 0.717) is 12.1 Å². The number of nitrogens with one attached hydrogen (secondary N) is 1. The standard InChI is InChI=1S/C15H16N2O4/c1-9-3-4-14(21-9)10-5-12(17-8-15(19)20-2)11(7-16)13(18)6-10/h3-4,10,17H,5-6,8H2,1-2H3. The number of Topliss-reactive ketones (excluding diaryl/α,β-unsaturated/α-hetero) is 1. The fourth-order valence-corrected chi connectivity index (χ4v) is 2.33. The molecule has 0 aromatic carbocycles. The summed E-state index contributed by atoms with van der Waals surface area (Å²) in [5, 5.41) is 11.9. The van der Waals surface area contributed by atoms with E-state index in [2.05, 4.69) is 10.1 Å². The lowest BCUT2D eigenvalue weighted by Crippen LogP contribution is -2.29. The fourth-order valence-electron chi connectivity index (χ4n) is 2.33.